The molecule has 2 N–H and O–H groups in total. The number of ketones is 1. The molecule has 0 aliphatic carbocycles. The monoisotopic (exact) mass is 157 g/mol. The van der Waals surface area contributed by atoms with Gasteiger partial charge in [0.15, 0.2) is 0 Å². The molecule has 0 saturated heterocycles. The standard InChI is InChI=1S/C7H11NO3/c8-3-1-7(11)6(5-10)2-4-9/h4-6H,1-3,8H2. The van der Waals surface area contributed by atoms with Gasteiger partial charge < -0.3 is 15.3 Å². The normalized spacial score (nSPS) is 12.1. The van der Waals surface area contributed by atoms with Crippen LogP contribution in [0.5, 0.6) is 0 Å². The van der Waals surface area contributed by atoms with Crippen LogP contribution in [-0.2, 0) is 14.4 Å². The van der Waals surface area contributed by atoms with Gasteiger partial charge in [-0.2, -0.15) is 0 Å². The van der Waals surface area contributed by atoms with E-state index < -0.39 is 5.92 Å². The van der Waals surface area contributed by atoms with Crippen molar-refractivity contribution >= 4 is 18.4 Å². The molecule has 0 aromatic rings. The Morgan fingerprint density at radius 3 is 2.45 bits per heavy atom. The largest absolute Gasteiger partial charge is 0.330 e. The number of hydrogen-bond donors (Lipinski definition) is 1. The Kier molecular flexibility index (Phi) is 5.20. The summed E-state index contributed by atoms with van der Waals surface area (Å²) in [6.07, 6.45) is 1.19. The molecule has 0 fully saturated rings. The predicted octanol–water partition coefficient (Wildman–Crippen LogP) is -0.692. The highest BCUT2D eigenvalue weighted by molar-refractivity contribution is 5.95. The fourth-order valence-corrected chi connectivity index (χ4v) is 0.694. The maximum absolute atomic E-state index is 10.9. The van der Waals surface area contributed by atoms with E-state index in [1.165, 1.54) is 0 Å². The third-order valence-corrected chi connectivity index (χ3v) is 1.32. The third-order valence-electron chi connectivity index (χ3n) is 1.32. The van der Waals surface area contributed by atoms with Crippen LogP contribution >= 0.6 is 0 Å². The number of hydrogen-bond acceptors (Lipinski definition) is 4. The van der Waals surface area contributed by atoms with Gasteiger partial charge in [-0.3, -0.25) is 4.79 Å². The van der Waals surface area contributed by atoms with E-state index >= 15 is 0 Å². The third kappa shape index (κ3) is 3.62. The van der Waals surface area contributed by atoms with Crippen molar-refractivity contribution in [2.75, 3.05) is 6.54 Å². The average molecular weight is 157 g/mol. The van der Waals surface area contributed by atoms with Crippen molar-refractivity contribution in [1.82, 2.24) is 0 Å². The van der Waals surface area contributed by atoms with Crippen molar-refractivity contribution in [3.8, 4) is 0 Å². The molecule has 0 saturated carbocycles. The van der Waals surface area contributed by atoms with Crippen LogP contribution < -0.4 is 5.73 Å². The summed E-state index contributed by atoms with van der Waals surface area (Å²) in [5.41, 5.74) is 5.09. The molecule has 4 nitrogen and oxygen atoms in total. The second-order valence-corrected chi connectivity index (χ2v) is 2.15. The molecule has 0 radical (unpaired) electrons. The number of Topliss-reactive ketones (excluding diaryl/α,β-unsaturated/α-hetero) is 1. The summed E-state index contributed by atoms with van der Waals surface area (Å²) in [6, 6.07) is 0. The minimum absolute atomic E-state index is 0.0255. The molecule has 0 aromatic heterocycles. The summed E-state index contributed by atoms with van der Waals surface area (Å²) in [7, 11) is 0. The number of carbonyl (C=O) groups is 3. The first-order chi connectivity index (χ1) is 5.26. The van der Waals surface area contributed by atoms with Gasteiger partial charge in [0.2, 0.25) is 0 Å². The minimum atomic E-state index is -0.781. The molecule has 0 aromatic carbocycles. The molecule has 1 atom stereocenters. The lowest BCUT2D eigenvalue weighted by molar-refractivity contribution is -0.129. The lowest BCUT2D eigenvalue weighted by Gasteiger charge is -2.02. The lowest BCUT2D eigenvalue weighted by Crippen LogP contribution is -2.19. The van der Waals surface area contributed by atoms with E-state index in [-0.39, 0.29) is 25.2 Å². The van der Waals surface area contributed by atoms with Crippen LogP contribution in [0, 0.1) is 5.92 Å². The number of aldehydes is 2. The van der Waals surface area contributed by atoms with Crippen molar-refractivity contribution in [2.24, 2.45) is 11.7 Å². The van der Waals surface area contributed by atoms with Crippen molar-refractivity contribution < 1.29 is 14.4 Å². The summed E-state index contributed by atoms with van der Waals surface area (Å²) in [6.45, 7) is 0.224. The number of carbonyl (C=O) groups excluding carboxylic acids is 3. The molecule has 0 aliphatic heterocycles. The lowest BCUT2D eigenvalue weighted by atomic mass is 10.0. The van der Waals surface area contributed by atoms with Gasteiger partial charge in [-0.15, -0.1) is 0 Å². The van der Waals surface area contributed by atoms with Crippen LogP contribution in [0.4, 0.5) is 0 Å². The van der Waals surface area contributed by atoms with Gasteiger partial charge in [0.1, 0.15) is 18.4 Å². The maximum atomic E-state index is 10.9. The van der Waals surface area contributed by atoms with Crippen LogP contribution in [0.2, 0.25) is 0 Å². The Labute approximate surface area is 64.8 Å². The van der Waals surface area contributed by atoms with Crippen molar-refractivity contribution in [1.29, 1.82) is 0 Å². The molecule has 0 amide bonds. The van der Waals surface area contributed by atoms with Gasteiger partial charge in [-0.05, 0) is 6.54 Å². The smallest absolute Gasteiger partial charge is 0.144 e. The SMILES string of the molecule is NCCC(=O)C(C=O)CC=O. The van der Waals surface area contributed by atoms with Gasteiger partial charge in [-0.25, -0.2) is 0 Å². The van der Waals surface area contributed by atoms with Gasteiger partial charge in [0.25, 0.3) is 0 Å². The molecular formula is C7H11NO3. The number of rotatable bonds is 6. The molecular weight excluding hydrogens is 146 g/mol. The Morgan fingerprint density at radius 1 is 1.45 bits per heavy atom. The van der Waals surface area contributed by atoms with E-state index in [0.717, 1.165) is 0 Å². The zero-order chi connectivity index (χ0) is 8.69. The Balaban J connectivity index is 3.90. The summed E-state index contributed by atoms with van der Waals surface area (Å²) in [4.78, 5) is 31.0. The van der Waals surface area contributed by atoms with E-state index in [1.54, 1.807) is 0 Å². The average Bonchev–Trinajstić information content (AvgIpc) is 2.00. The second kappa shape index (κ2) is 5.73. The Hall–Kier alpha value is -1.03. The molecule has 1 unspecified atom stereocenters. The summed E-state index contributed by atoms with van der Waals surface area (Å²) < 4.78 is 0. The van der Waals surface area contributed by atoms with Crippen LogP contribution in [0.25, 0.3) is 0 Å². The molecule has 0 bridgehead atoms. The van der Waals surface area contributed by atoms with Crippen LogP contribution in [-0.4, -0.2) is 24.9 Å². The number of nitrogens with two attached hydrogens (primary N) is 1. The first-order valence-corrected chi connectivity index (χ1v) is 3.38. The van der Waals surface area contributed by atoms with Gasteiger partial charge in [0.05, 0.1) is 5.92 Å². The highest BCUT2D eigenvalue weighted by atomic mass is 16.1. The molecule has 0 spiro atoms. The second-order valence-electron chi connectivity index (χ2n) is 2.15. The summed E-state index contributed by atoms with van der Waals surface area (Å²) >= 11 is 0. The molecule has 0 rings (SSSR count). The summed E-state index contributed by atoms with van der Waals surface area (Å²) in [5, 5.41) is 0. The van der Waals surface area contributed by atoms with Gasteiger partial charge in [0, 0.05) is 12.8 Å². The Bertz CT molecular complexity index is 156. The zero-order valence-electron chi connectivity index (χ0n) is 6.16. The summed E-state index contributed by atoms with van der Waals surface area (Å²) in [5.74, 6) is -1.04. The van der Waals surface area contributed by atoms with Gasteiger partial charge in [-0.1, -0.05) is 0 Å². The first-order valence-electron chi connectivity index (χ1n) is 3.38. The van der Waals surface area contributed by atoms with E-state index in [9.17, 15) is 14.4 Å². The van der Waals surface area contributed by atoms with Crippen LogP contribution in [0.3, 0.4) is 0 Å². The fraction of sp³-hybridized carbons (Fsp3) is 0.571. The highest BCUT2D eigenvalue weighted by Gasteiger charge is 2.15. The molecule has 0 aliphatic rings. The van der Waals surface area contributed by atoms with Crippen molar-refractivity contribution in [3.05, 3.63) is 0 Å². The first kappa shape index (κ1) is 9.97. The Morgan fingerprint density at radius 2 is 2.09 bits per heavy atom. The molecule has 0 heterocycles. The zero-order valence-corrected chi connectivity index (χ0v) is 6.16. The van der Waals surface area contributed by atoms with Gasteiger partial charge >= 0.3 is 0 Å². The highest BCUT2D eigenvalue weighted by Crippen LogP contribution is 2.00. The molecule has 4 heteroatoms. The topological polar surface area (TPSA) is 77.2 Å². The quantitative estimate of drug-likeness (QED) is 0.409. The maximum Gasteiger partial charge on any atom is 0.144 e. The molecule has 11 heavy (non-hydrogen) atoms. The van der Waals surface area contributed by atoms with Crippen molar-refractivity contribution in [2.45, 2.75) is 12.8 Å². The van der Waals surface area contributed by atoms with Crippen LogP contribution in [0.15, 0.2) is 0 Å². The predicted molar refractivity (Wildman–Crippen MR) is 38.9 cm³/mol. The van der Waals surface area contributed by atoms with E-state index in [1.807, 2.05) is 0 Å². The van der Waals surface area contributed by atoms with E-state index in [4.69, 9.17) is 5.73 Å². The van der Waals surface area contributed by atoms with Crippen LogP contribution in [0.1, 0.15) is 12.8 Å². The minimum Gasteiger partial charge on any atom is -0.330 e. The van der Waals surface area contributed by atoms with E-state index in [0.29, 0.717) is 12.6 Å². The fourth-order valence-electron chi connectivity index (χ4n) is 0.694. The van der Waals surface area contributed by atoms with E-state index in [2.05, 4.69) is 0 Å². The molecule has 62 valence electrons. The van der Waals surface area contributed by atoms with Crippen molar-refractivity contribution in [3.63, 3.8) is 0 Å².